The number of hydrogen-bond donors (Lipinski definition) is 0. The predicted molar refractivity (Wildman–Crippen MR) is 91.6 cm³/mol. The fourth-order valence-electron chi connectivity index (χ4n) is 3.24. The van der Waals surface area contributed by atoms with Crippen LogP contribution < -0.4 is 14.5 Å². The van der Waals surface area contributed by atoms with Crippen molar-refractivity contribution in [3.05, 3.63) is 41.7 Å². The Morgan fingerprint density at radius 3 is 2.62 bits per heavy atom. The number of aromatic nitrogens is 2. The molecule has 1 aromatic heterocycles. The van der Waals surface area contributed by atoms with Crippen molar-refractivity contribution >= 4 is 17.5 Å². The van der Waals surface area contributed by atoms with Gasteiger partial charge in [-0.3, -0.25) is 4.79 Å². The number of nitrogens with zero attached hydrogens (tertiary/aromatic N) is 4. The first kappa shape index (κ1) is 14.9. The molecule has 6 heteroatoms. The number of carbonyl (C=O) groups is 1. The van der Waals surface area contributed by atoms with Crippen LogP contribution in [0.4, 0.5) is 11.6 Å². The Balaban J connectivity index is 1.57. The van der Waals surface area contributed by atoms with Crippen LogP contribution in [0.2, 0.25) is 0 Å². The normalized spacial score (nSPS) is 16.6. The molecule has 0 bridgehead atoms. The molecule has 3 heterocycles. The SMILES string of the molecule is CCOc1ccc(N2Cc3nc(N4CCCC4)ncc3C2=O)cc1. The highest BCUT2D eigenvalue weighted by Gasteiger charge is 2.31. The first-order valence-corrected chi connectivity index (χ1v) is 8.42. The standard InChI is InChI=1S/C18H20N4O2/c1-2-24-14-7-5-13(6-8-14)22-12-16-15(17(22)23)11-19-18(20-16)21-9-3-4-10-21/h5-8,11H,2-4,9-10,12H2,1H3. The van der Waals surface area contributed by atoms with Crippen LogP contribution in [-0.2, 0) is 6.54 Å². The monoisotopic (exact) mass is 324 g/mol. The van der Waals surface area contributed by atoms with E-state index in [2.05, 4.69) is 14.9 Å². The molecule has 2 aliphatic rings. The minimum absolute atomic E-state index is 0.0397. The van der Waals surface area contributed by atoms with E-state index in [-0.39, 0.29) is 5.91 Å². The fourth-order valence-corrected chi connectivity index (χ4v) is 3.24. The Bertz CT molecular complexity index is 754. The zero-order chi connectivity index (χ0) is 16.5. The number of ether oxygens (including phenoxy) is 1. The quantitative estimate of drug-likeness (QED) is 0.865. The van der Waals surface area contributed by atoms with Crippen molar-refractivity contribution in [1.82, 2.24) is 9.97 Å². The van der Waals surface area contributed by atoms with Crippen LogP contribution in [0.15, 0.2) is 30.5 Å². The lowest BCUT2D eigenvalue weighted by Crippen LogP contribution is -2.22. The minimum Gasteiger partial charge on any atom is -0.494 e. The van der Waals surface area contributed by atoms with E-state index in [1.54, 1.807) is 11.1 Å². The molecule has 1 amide bonds. The van der Waals surface area contributed by atoms with E-state index >= 15 is 0 Å². The molecule has 2 aromatic rings. The summed E-state index contributed by atoms with van der Waals surface area (Å²) in [5, 5.41) is 0. The van der Waals surface area contributed by atoms with Gasteiger partial charge < -0.3 is 14.5 Å². The van der Waals surface area contributed by atoms with Gasteiger partial charge in [0.2, 0.25) is 5.95 Å². The van der Waals surface area contributed by atoms with E-state index in [1.807, 2.05) is 31.2 Å². The van der Waals surface area contributed by atoms with Gasteiger partial charge in [-0.25, -0.2) is 9.97 Å². The van der Waals surface area contributed by atoms with Gasteiger partial charge in [0.15, 0.2) is 0 Å². The van der Waals surface area contributed by atoms with Gasteiger partial charge in [0.05, 0.1) is 24.4 Å². The summed E-state index contributed by atoms with van der Waals surface area (Å²) < 4.78 is 5.45. The summed E-state index contributed by atoms with van der Waals surface area (Å²) in [6, 6.07) is 7.58. The van der Waals surface area contributed by atoms with Crippen LogP contribution in [0.5, 0.6) is 5.75 Å². The van der Waals surface area contributed by atoms with Crippen molar-refractivity contribution in [2.45, 2.75) is 26.3 Å². The van der Waals surface area contributed by atoms with Crippen molar-refractivity contribution in [2.75, 3.05) is 29.5 Å². The molecule has 24 heavy (non-hydrogen) atoms. The Kier molecular flexibility index (Phi) is 3.80. The van der Waals surface area contributed by atoms with Crippen LogP contribution in [0.25, 0.3) is 0 Å². The molecule has 0 unspecified atom stereocenters. The summed E-state index contributed by atoms with van der Waals surface area (Å²) in [7, 11) is 0. The van der Waals surface area contributed by atoms with Gasteiger partial charge in [0.1, 0.15) is 5.75 Å². The summed E-state index contributed by atoms with van der Waals surface area (Å²) in [5.41, 5.74) is 2.27. The summed E-state index contributed by atoms with van der Waals surface area (Å²) in [5.74, 6) is 1.51. The molecule has 1 saturated heterocycles. The molecular weight excluding hydrogens is 304 g/mol. The smallest absolute Gasteiger partial charge is 0.262 e. The van der Waals surface area contributed by atoms with Gasteiger partial charge in [0.25, 0.3) is 5.91 Å². The second-order valence-electron chi connectivity index (χ2n) is 6.04. The number of amides is 1. The average Bonchev–Trinajstić information content (AvgIpc) is 3.24. The molecule has 0 saturated carbocycles. The molecule has 0 atom stereocenters. The number of carbonyl (C=O) groups excluding carboxylic acids is 1. The first-order chi connectivity index (χ1) is 11.8. The zero-order valence-corrected chi connectivity index (χ0v) is 13.7. The van der Waals surface area contributed by atoms with Crippen LogP contribution in [-0.4, -0.2) is 35.6 Å². The molecule has 2 aliphatic heterocycles. The zero-order valence-electron chi connectivity index (χ0n) is 13.7. The highest BCUT2D eigenvalue weighted by molar-refractivity contribution is 6.09. The van der Waals surface area contributed by atoms with Crippen molar-refractivity contribution in [3.63, 3.8) is 0 Å². The topological polar surface area (TPSA) is 58.6 Å². The number of fused-ring (bicyclic) bond motifs is 1. The second-order valence-corrected chi connectivity index (χ2v) is 6.04. The first-order valence-electron chi connectivity index (χ1n) is 8.42. The van der Waals surface area contributed by atoms with Crippen molar-refractivity contribution < 1.29 is 9.53 Å². The van der Waals surface area contributed by atoms with E-state index in [4.69, 9.17) is 4.74 Å². The van der Waals surface area contributed by atoms with E-state index < -0.39 is 0 Å². The molecule has 0 aliphatic carbocycles. The maximum Gasteiger partial charge on any atom is 0.262 e. The van der Waals surface area contributed by atoms with Crippen LogP contribution in [0, 0.1) is 0 Å². The Morgan fingerprint density at radius 2 is 1.92 bits per heavy atom. The summed E-state index contributed by atoms with van der Waals surface area (Å²) >= 11 is 0. The molecule has 0 radical (unpaired) electrons. The maximum atomic E-state index is 12.6. The highest BCUT2D eigenvalue weighted by Crippen LogP contribution is 2.29. The molecule has 1 aromatic carbocycles. The summed E-state index contributed by atoms with van der Waals surface area (Å²) in [4.78, 5) is 25.6. The molecule has 124 valence electrons. The lowest BCUT2D eigenvalue weighted by Gasteiger charge is -2.16. The second kappa shape index (κ2) is 6.11. The number of rotatable bonds is 4. The van der Waals surface area contributed by atoms with Crippen molar-refractivity contribution in [1.29, 1.82) is 0 Å². The molecule has 0 N–H and O–H groups in total. The molecule has 6 nitrogen and oxygen atoms in total. The average molecular weight is 324 g/mol. The minimum atomic E-state index is -0.0397. The number of benzene rings is 1. The Morgan fingerprint density at radius 1 is 1.17 bits per heavy atom. The van der Waals surface area contributed by atoms with Crippen molar-refractivity contribution in [3.8, 4) is 5.75 Å². The van der Waals surface area contributed by atoms with E-state index in [0.717, 1.165) is 36.2 Å². The Labute approximate surface area is 141 Å². The maximum absolute atomic E-state index is 12.6. The van der Waals surface area contributed by atoms with Gasteiger partial charge >= 0.3 is 0 Å². The predicted octanol–water partition coefficient (Wildman–Crippen LogP) is 2.64. The summed E-state index contributed by atoms with van der Waals surface area (Å²) in [6.45, 7) is 5.06. The lowest BCUT2D eigenvalue weighted by molar-refractivity contribution is 0.0996. The van der Waals surface area contributed by atoms with Gasteiger partial charge in [-0.05, 0) is 44.0 Å². The molecular formula is C18H20N4O2. The van der Waals surface area contributed by atoms with Crippen LogP contribution in [0.1, 0.15) is 35.8 Å². The van der Waals surface area contributed by atoms with Gasteiger partial charge in [-0.1, -0.05) is 0 Å². The van der Waals surface area contributed by atoms with Crippen LogP contribution >= 0.6 is 0 Å². The summed E-state index contributed by atoms with van der Waals surface area (Å²) in [6.07, 6.45) is 4.03. The molecule has 0 spiro atoms. The third-order valence-electron chi connectivity index (χ3n) is 4.49. The van der Waals surface area contributed by atoms with Crippen LogP contribution in [0.3, 0.4) is 0 Å². The third kappa shape index (κ3) is 2.58. The largest absolute Gasteiger partial charge is 0.494 e. The third-order valence-corrected chi connectivity index (χ3v) is 4.49. The van der Waals surface area contributed by atoms with Crippen molar-refractivity contribution in [2.24, 2.45) is 0 Å². The fraction of sp³-hybridized carbons (Fsp3) is 0.389. The lowest BCUT2D eigenvalue weighted by atomic mass is 10.2. The Hall–Kier alpha value is -2.63. The van der Waals surface area contributed by atoms with E-state index in [0.29, 0.717) is 18.7 Å². The van der Waals surface area contributed by atoms with E-state index in [9.17, 15) is 4.79 Å². The number of anilines is 2. The highest BCUT2D eigenvalue weighted by atomic mass is 16.5. The molecule has 4 rings (SSSR count). The number of hydrogen-bond acceptors (Lipinski definition) is 5. The van der Waals surface area contributed by atoms with E-state index in [1.165, 1.54) is 12.8 Å². The molecule has 1 fully saturated rings. The van der Waals surface area contributed by atoms with Gasteiger partial charge in [-0.15, -0.1) is 0 Å². The van der Waals surface area contributed by atoms with Gasteiger partial charge in [-0.2, -0.15) is 0 Å². The van der Waals surface area contributed by atoms with Gasteiger partial charge in [0, 0.05) is 25.0 Å².